The van der Waals surface area contributed by atoms with Crippen LogP contribution in [0.15, 0.2) is 122 Å². The first-order valence-corrected chi connectivity index (χ1v) is 14.6. The maximum Gasteiger partial charge on any atom is 0.296 e. The highest BCUT2D eigenvalue weighted by molar-refractivity contribution is 7.86. The van der Waals surface area contributed by atoms with Crippen molar-refractivity contribution in [3.8, 4) is 0 Å². The first-order chi connectivity index (χ1) is 19.9. The second kappa shape index (κ2) is 11.0. The Morgan fingerprint density at radius 3 is 2.00 bits per heavy atom. The molecule has 0 unspecified atom stereocenters. The van der Waals surface area contributed by atoms with Gasteiger partial charge in [-0.15, -0.1) is 0 Å². The van der Waals surface area contributed by atoms with Crippen molar-refractivity contribution in [2.24, 2.45) is 15.3 Å². The van der Waals surface area contributed by atoms with Crippen molar-refractivity contribution in [2.75, 3.05) is 10.2 Å². The topological polar surface area (TPSA) is 210 Å². The van der Waals surface area contributed by atoms with Gasteiger partial charge in [0.1, 0.15) is 4.90 Å². The third kappa shape index (κ3) is 6.08. The molecule has 15 nitrogen and oxygen atoms in total. The highest BCUT2D eigenvalue weighted by Gasteiger charge is 2.25. The summed E-state index contributed by atoms with van der Waals surface area (Å²) in [6.07, 6.45) is 0. The van der Waals surface area contributed by atoms with Gasteiger partial charge in [-0.2, -0.15) is 27.1 Å². The Morgan fingerprint density at radius 2 is 1.40 bits per heavy atom. The molecule has 0 aliphatic carbocycles. The summed E-state index contributed by atoms with van der Waals surface area (Å²) in [5.74, 6) is 0.187. The maximum absolute atomic E-state index is 12.5. The summed E-state index contributed by atoms with van der Waals surface area (Å²) in [7, 11) is -9.27. The number of hydrazone groups is 1. The zero-order valence-electron chi connectivity index (χ0n) is 21.0. The summed E-state index contributed by atoms with van der Waals surface area (Å²) >= 11 is 0. The van der Waals surface area contributed by atoms with E-state index in [1.807, 2.05) is 0 Å². The quantitative estimate of drug-likeness (QED) is 0.113. The fourth-order valence-electron chi connectivity index (χ4n) is 3.75. The van der Waals surface area contributed by atoms with Gasteiger partial charge in [0.05, 0.1) is 32.6 Å². The minimum absolute atomic E-state index is 0.00974. The van der Waals surface area contributed by atoms with Crippen LogP contribution in [0.3, 0.4) is 0 Å². The molecule has 4 aromatic rings. The Bertz CT molecular complexity index is 1930. The van der Waals surface area contributed by atoms with E-state index in [1.165, 1.54) is 53.6 Å². The van der Waals surface area contributed by atoms with E-state index in [2.05, 4.69) is 20.8 Å². The molecule has 214 valence electrons. The summed E-state index contributed by atoms with van der Waals surface area (Å²) < 4.78 is 66.6. The second-order valence-electron chi connectivity index (χ2n) is 8.54. The summed E-state index contributed by atoms with van der Waals surface area (Å²) in [5.41, 5.74) is 5.26. The van der Waals surface area contributed by atoms with Crippen LogP contribution in [0, 0.1) is 10.1 Å². The van der Waals surface area contributed by atoms with Crippen molar-refractivity contribution in [3.05, 3.63) is 118 Å². The molecule has 1 aliphatic rings. The molecular weight excluding hydrogens is 590 g/mol. The van der Waals surface area contributed by atoms with Crippen molar-refractivity contribution in [1.29, 1.82) is 0 Å². The predicted molar refractivity (Wildman–Crippen MR) is 151 cm³/mol. The van der Waals surface area contributed by atoms with Crippen LogP contribution in [-0.2, 0) is 20.2 Å². The van der Waals surface area contributed by atoms with E-state index in [1.54, 1.807) is 30.3 Å². The molecule has 42 heavy (non-hydrogen) atoms. The molecule has 4 aromatic carbocycles. The first kappa shape index (κ1) is 28.3. The van der Waals surface area contributed by atoms with Gasteiger partial charge in [-0.05, 0) is 66.0 Å². The zero-order chi connectivity index (χ0) is 30.1. The Labute approximate surface area is 238 Å². The van der Waals surface area contributed by atoms with Gasteiger partial charge in [-0.25, -0.2) is 0 Å². The lowest BCUT2D eigenvalue weighted by atomic mass is 10.2. The van der Waals surface area contributed by atoms with Crippen molar-refractivity contribution in [2.45, 2.75) is 9.79 Å². The van der Waals surface area contributed by atoms with Crippen LogP contribution < -0.4 is 10.2 Å². The van der Waals surface area contributed by atoms with Crippen LogP contribution in [-0.4, -0.2) is 36.7 Å². The summed E-state index contributed by atoms with van der Waals surface area (Å²) in [4.78, 5) is 9.62. The van der Waals surface area contributed by atoms with Gasteiger partial charge in [-0.3, -0.25) is 29.5 Å². The van der Waals surface area contributed by atoms with E-state index in [0.717, 1.165) is 23.3 Å². The van der Waals surface area contributed by atoms with Gasteiger partial charge in [0.15, 0.2) is 0 Å². The minimum atomic E-state index is -4.87. The van der Waals surface area contributed by atoms with E-state index in [0.29, 0.717) is 11.3 Å². The fraction of sp³-hybridized carbons (Fsp3) is 0. The number of azo groups is 1. The number of rotatable bonds is 8. The van der Waals surface area contributed by atoms with Gasteiger partial charge >= 0.3 is 0 Å². The number of nitro groups is 1. The molecule has 1 heterocycles. The highest BCUT2D eigenvalue weighted by Crippen LogP contribution is 2.38. The van der Waals surface area contributed by atoms with Gasteiger partial charge in [-0.1, -0.05) is 30.3 Å². The molecule has 1 aliphatic heterocycles. The van der Waals surface area contributed by atoms with E-state index < -0.39 is 30.1 Å². The van der Waals surface area contributed by atoms with E-state index in [-0.39, 0.29) is 33.5 Å². The van der Waals surface area contributed by atoms with Crippen LogP contribution in [0.5, 0.6) is 0 Å². The van der Waals surface area contributed by atoms with Crippen molar-refractivity contribution in [1.82, 2.24) is 0 Å². The molecule has 0 amide bonds. The molecule has 17 heteroatoms. The fourth-order valence-corrected chi connectivity index (χ4v) is 4.92. The van der Waals surface area contributed by atoms with E-state index >= 15 is 0 Å². The summed E-state index contributed by atoms with van der Waals surface area (Å²) in [5, 5.41) is 25.8. The van der Waals surface area contributed by atoms with E-state index in [9.17, 15) is 31.5 Å². The molecule has 0 saturated carbocycles. The van der Waals surface area contributed by atoms with Crippen molar-refractivity contribution < 1.29 is 30.9 Å². The Kier molecular flexibility index (Phi) is 7.40. The lowest BCUT2D eigenvalue weighted by Gasteiger charge is -2.36. The summed E-state index contributed by atoms with van der Waals surface area (Å²) in [6.45, 7) is 0. The predicted octanol–water partition coefficient (Wildman–Crippen LogP) is 5.40. The average molecular weight is 609 g/mol. The molecule has 5 rings (SSSR count). The molecule has 0 fully saturated rings. The zero-order valence-corrected chi connectivity index (χ0v) is 22.7. The molecule has 0 radical (unpaired) electrons. The third-order valence-electron chi connectivity index (χ3n) is 5.73. The van der Waals surface area contributed by atoms with Crippen molar-refractivity contribution in [3.63, 3.8) is 0 Å². The van der Waals surface area contributed by atoms with Gasteiger partial charge < -0.3 is 10.5 Å². The van der Waals surface area contributed by atoms with Gasteiger partial charge in [0.2, 0.25) is 0 Å². The lowest BCUT2D eigenvalue weighted by molar-refractivity contribution is -0.384. The number of hydrazine groups is 1. The standard InChI is InChI=1S/C25H18N7O8S2/c33-32(34)21-11-9-20(10-12-21)30-28-25(17-4-2-1-3-5-17)29-31(30)23-15-8-19(16-24(23)42(38,39)40)27-26-18-6-13-22(14-7-18)41(35,36)37/h1-16H,(H2-,28,29,35,36,37,38,39,40)/q-1. The number of benzene rings is 4. The van der Waals surface area contributed by atoms with Crippen LogP contribution in [0.25, 0.3) is 5.43 Å². The molecule has 2 N–H and O–H groups in total. The number of hydrogen-bond acceptors (Lipinski definition) is 11. The number of hydrogen-bond donors (Lipinski definition) is 2. The number of amidine groups is 1. The largest absolute Gasteiger partial charge is 0.352 e. The maximum atomic E-state index is 12.5. The van der Waals surface area contributed by atoms with Crippen LogP contribution >= 0.6 is 0 Å². The van der Waals surface area contributed by atoms with Gasteiger partial charge in [0, 0.05) is 12.1 Å². The minimum Gasteiger partial charge on any atom is -0.352 e. The molecule has 0 aromatic heterocycles. The number of nitro benzene ring substituents is 1. The van der Waals surface area contributed by atoms with Crippen molar-refractivity contribution >= 4 is 54.5 Å². The molecular formula is C25H18N7O8S2-. The lowest BCUT2D eigenvalue weighted by Crippen LogP contribution is -2.32. The van der Waals surface area contributed by atoms with Crippen LogP contribution in [0.1, 0.15) is 5.56 Å². The second-order valence-corrected chi connectivity index (χ2v) is 11.3. The number of non-ortho nitro benzene ring substituents is 1. The normalized spacial score (nSPS) is 13.7. The third-order valence-corrected chi connectivity index (χ3v) is 7.48. The summed E-state index contributed by atoms with van der Waals surface area (Å²) in [6, 6.07) is 22.6. The number of anilines is 2. The average Bonchev–Trinajstić information content (AvgIpc) is 3.41. The SMILES string of the molecule is O=[N+]([O-])c1ccc(N2[N-]C(c3ccccc3)=NN2c2ccc(N=Nc3ccc(S(=O)(=O)O)cc3)cc2S(=O)(=O)O)cc1. The first-order valence-electron chi connectivity index (χ1n) is 11.7. The molecule has 0 saturated heterocycles. The Morgan fingerprint density at radius 1 is 0.786 bits per heavy atom. The smallest absolute Gasteiger partial charge is 0.296 e. The van der Waals surface area contributed by atoms with E-state index in [4.69, 9.17) is 4.55 Å². The monoisotopic (exact) mass is 608 g/mol. The molecule has 0 bridgehead atoms. The van der Waals surface area contributed by atoms with Crippen LogP contribution in [0.2, 0.25) is 0 Å². The Balaban J connectivity index is 1.55. The Hall–Kier alpha value is -5.23. The molecule has 0 atom stereocenters. The number of nitrogens with zero attached hydrogens (tertiary/aromatic N) is 7. The van der Waals surface area contributed by atoms with Gasteiger partial charge in [0.25, 0.3) is 25.9 Å². The molecule has 0 spiro atoms. The van der Waals surface area contributed by atoms with Crippen LogP contribution in [0.4, 0.5) is 28.4 Å². The highest BCUT2D eigenvalue weighted by atomic mass is 32.2.